The molecule has 0 amide bonds. The number of nitrogen functional groups attached to an aromatic ring is 1. The highest BCUT2D eigenvalue weighted by atomic mass is 15.2. The first-order chi connectivity index (χ1) is 9.82. The molecule has 3 heteroatoms. The Morgan fingerprint density at radius 1 is 0.905 bits per heavy atom. The Labute approximate surface area is 128 Å². The predicted octanol–water partition coefficient (Wildman–Crippen LogP) is 4.96. The van der Waals surface area contributed by atoms with E-state index in [0.29, 0.717) is 17.9 Å². The molecule has 0 saturated heterocycles. The van der Waals surface area contributed by atoms with Crippen LogP contribution in [0.3, 0.4) is 0 Å². The molecule has 2 aromatic rings. The highest BCUT2D eigenvalue weighted by molar-refractivity contribution is 5.71. The Bertz CT molecular complexity index is 604. The van der Waals surface area contributed by atoms with Gasteiger partial charge in [-0.05, 0) is 25.3 Å². The minimum atomic E-state index is 0.318. The van der Waals surface area contributed by atoms with Crippen molar-refractivity contribution >= 4 is 5.82 Å². The fraction of sp³-hybridized carbons (Fsp3) is 0.500. The van der Waals surface area contributed by atoms with E-state index in [-0.39, 0.29) is 0 Å². The summed E-state index contributed by atoms with van der Waals surface area (Å²) < 4.78 is 2.15. The van der Waals surface area contributed by atoms with E-state index in [1.165, 1.54) is 5.56 Å². The first-order valence-corrected chi connectivity index (χ1v) is 7.80. The van der Waals surface area contributed by atoms with Crippen molar-refractivity contribution in [1.82, 2.24) is 9.55 Å². The van der Waals surface area contributed by atoms with E-state index in [2.05, 4.69) is 70.4 Å². The molecule has 21 heavy (non-hydrogen) atoms. The van der Waals surface area contributed by atoms with Crippen LogP contribution in [0.1, 0.15) is 70.8 Å². The molecule has 0 spiro atoms. The summed E-state index contributed by atoms with van der Waals surface area (Å²) in [6.45, 7) is 13.0. The van der Waals surface area contributed by atoms with Gasteiger partial charge in [-0.2, -0.15) is 0 Å². The molecule has 3 nitrogen and oxygen atoms in total. The maximum Gasteiger partial charge on any atom is 0.131 e. The molecule has 114 valence electrons. The van der Waals surface area contributed by atoms with Crippen LogP contribution < -0.4 is 5.73 Å². The van der Waals surface area contributed by atoms with E-state index in [1.807, 2.05) is 0 Å². The minimum Gasteiger partial charge on any atom is -0.383 e. The molecule has 0 bridgehead atoms. The first-order valence-electron chi connectivity index (χ1n) is 7.80. The fourth-order valence-electron chi connectivity index (χ4n) is 2.65. The molecule has 0 aliphatic rings. The largest absolute Gasteiger partial charge is 0.383 e. The maximum atomic E-state index is 6.37. The van der Waals surface area contributed by atoms with Gasteiger partial charge >= 0.3 is 0 Å². The summed E-state index contributed by atoms with van der Waals surface area (Å²) in [4.78, 5) is 4.81. The third-order valence-corrected chi connectivity index (χ3v) is 3.86. The van der Waals surface area contributed by atoms with Crippen molar-refractivity contribution in [3.8, 4) is 11.3 Å². The molecular formula is C18H27N3. The Balaban J connectivity index is 2.51. The number of imidazole rings is 1. The number of nitrogens with zero attached hydrogens (tertiary/aromatic N) is 2. The quantitative estimate of drug-likeness (QED) is 0.862. The summed E-state index contributed by atoms with van der Waals surface area (Å²) in [7, 11) is 0. The van der Waals surface area contributed by atoms with Gasteiger partial charge in [0.05, 0.1) is 0 Å². The Morgan fingerprint density at radius 2 is 1.48 bits per heavy atom. The smallest absolute Gasteiger partial charge is 0.131 e. The van der Waals surface area contributed by atoms with Crippen molar-refractivity contribution in [2.45, 2.75) is 59.4 Å². The SMILES string of the molecule is CC(C)c1ccc(-c2nc(C(C)C)n(C(C)C)c2N)cc1. The molecule has 0 aliphatic heterocycles. The Hall–Kier alpha value is -1.77. The highest BCUT2D eigenvalue weighted by Gasteiger charge is 2.20. The van der Waals surface area contributed by atoms with Gasteiger partial charge in [-0.15, -0.1) is 0 Å². The minimum absolute atomic E-state index is 0.318. The molecule has 0 saturated carbocycles. The van der Waals surface area contributed by atoms with Crippen molar-refractivity contribution < 1.29 is 0 Å². The lowest BCUT2D eigenvalue weighted by Gasteiger charge is -2.15. The van der Waals surface area contributed by atoms with Gasteiger partial charge in [0.1, 0.15) is 17.3 Å². The molecule has 0 radical (unpaired) electrons. The number of aromatic nitrogens is 2. The average molecular weight is 285 g/mol. The molecule has 0 atom stereocenters. The van der Waals surface area contributed by atoms with Gasteiger partial charge in [-0.1, -0.05) is 52.0 Å². The molecule has 0 fully saturated rings. The van der Waals surface area contributed by atoms with Crippen LogP contribution >= 0.6 is 0 Å². The van der Waals surface area contributed by atoms with Crippen LogP contribution in [-0.2, 0) is 0 Å². The second-order valence-electron chi connectivity index (χ2n) is 6.60. The maximum absolute atomic E-state index is 6.37. The molecular weight excluding hydrogens is 258 g/mol. The standard InChI is InChI=1S/C18H27N3/c1-11(2)14-7-9-15(10-8-14)16-17(19)21(13(5)6)18(20-16)12(3)4/h7-13H,19H2,1-6H3. The molecule has 1 heterocycles. The molecule has 2 rings (SSSR count). The lowest BCUT2D eigenvalue weighted by Crippen LogP contribution is -2.10. The van der Waals surface area contributed by atoms with Crippen molar-refractivity contribution in [1.29, 1.82) is 0 Å². The predicted molar refractivity (Wildman–Crippen MR) is 90.6 cm³/mol. The summed E-state index contributed by atoms with van der Waals surface area (Å²) in [6.07, 6.45) is 0. The van der Waals surface area contributed by atoms with Crippen molar-refractivity contribution in [2.75, 3.05) is 5.73 Å². The van der Waals surface area contributed by atoms with Gasteiger partial charge in [0, 0.05) is 17.5 Å². The number of nitrogens with two attached hydrogens (primary N) is 1. The lowest BCUT2D eigenvalue weighted by molar-refractivity contribution is 0.556. The number of hydrogen-bond acceptors (Lipinski definition) is 2. The number of rotatable bonds is 4. The fourth-order valence-corrected chi connectivity index (χ4v) is 2.65. The van der Waals surface area contributed by atoms with Crippen LogP contribution in [0.5, 0.6) is 0 Å². The number of hydrogen-bond donors (Lipinski definition) is 1. The molecule has 0 aliphatic carbocycles. The van der Waals surface area contributed by atoms with E-state index in [9.17, 15) is 0 Å². The van der Waals surface area contributed by atoms with Crippen molar-refractivity contribution in [2.24, 2.45) is 0 Å². The van der Waals surface area contributed by atoms with Gasteiger partial charge in [0.25, 0.3) is 0 Å². The zero-order valence-electron chi connectivity index (χ0n) is 14.0. The first kappa shape index (κ1) is 15.6. The van der Waals surface area contributed by atoms with Crippen molar-refractivity contribution in [3.05, 3.63) is 35.7 Å². The van der Waals surface area contributed by atoms with Gasteiger partial charge in [0.15, 0.2) is 0 Å². The normalized spacial score (nSPS) is 11.9. The monoisotopic (exact) mass is 285 g/mol. The summed E-state index contributed by atoms with van der Waals surface area (Å²) in [5.41, 5.74) is 9.71. The van der Waals surface area contributed by atoms with E-state index in [4.69, 9.17) is 10.7 Å². The second kappa shape index (κ2) is 5.92. The zero-order chi connectivity index (χ0) is 15.7. The van der Waals surface area contributed by atoms with E-state index in [1.54, 1.807) is 0 Å². The van der Waals surface area contributed by atoms with Gasteiger partial charge in [-0.3, -0.25) is 0 Å². The third kappa shape index (κ3) is 2.97. The highest BCUT2D eigenvalue weighted by Crippen LogP contribution is 2.32. The number of benzene rings is 1. The number of anilines is 1. The topological polar surface area (TPSA) is 43.8 Å². The molecule has 0 unspecified atom stereocenters. The summed E-state index contributed by atoms with van der Waals surface area (Å²) >= 11 is 0. The summed E-state index contributed by atoms with van der Waals surface area (Å²) in [5, 5.41) is 0. The van der Waals surface area contributed by atoms with Crippen LogP contribution in [-0.4, -0.2) is 9.55 Å². The van der Waals surface area contributed by atoms with E-state index in [0.717, 1.165) is 22.9 Å². The van der Waals surface area contributed by atoms with E-state index >= 15 is 0 Å². The van der Waals surface area contributed by atoms with Crippen LogP contribution in [0, 0.1) is 0 Å². The van der Waals surface area contributed by atoms with Gasteiger partial charge in [0.2, 0.25) is 0 Å². The summed E-state index contributed by atoms with van der Waals surface area (Å²) in [5.74, 6) is 2.73. The summed E-state index contributed by atoms with van der Waals surface area (Å²) in [6, 6.07) is 8.91. The van der Waals surface area contributed by atoms with E-state index < -0.39 is 0 Å². The molecule has 1 aromatic carbocycles. The van der Waals surface area contributed by atoms with Crippen LogP contribution in [0.4, 0.5) is 5.82 Å². The zero-order valence-corrected chi connectivity index (χ0v) is 14.0. The van der Waals surface area contributed by atoms with Crippen molar-refractivity contribution in [3.63, 3.8) is 0 Å². The molecule has 2 N–H and O–H groups in total. The lowest BCUT2D eigenvalue weighted by atomic mass is 10.0. The Kier molecular flexibility index (Phi) is 4.40. The third-order valence-electron chi connectivity index (χ3n) is 3.86. The van der Waals surface area contributed by atoms with Crippen LogP contribution in [0.15, 0.2) is 24.3 Å². The Morgan fingerprint density at radius 3 is 1.86 bits per heavy atom. The van der Waals surface area contributed by atoms with Crippen LogP contribution in [0.2, 0.25) is 0 Å². The average Bonchev–Trinajstić information content (AvgIpc) is 2.76. The van der Waals surface area contributed by atoms with Gasteiger partial charge in [-0.25, -0.2) is 4.98 Å². The molecule has 1 aromatic heterocycles. The second-order valence-corrected chi connectivity index (χ2v) is 6.60. The van der Waals surface area contributed by atoms with Gasteiger partial charge < -0.3 is 10.3 Å². The van der Waals surface area contributed by atoms with Crippen LogP contribution in [0.25, 0.3) is 11.3 Å².